The van der Waals surface area contributed by atoms with Crippen LogP contribution in [0.1, 0.15) is 37.8 Å². The number of hydrogen-bond acceptors (Lipinski definition) is 5. The number of hydrogen-bond donors (Lipinski definition) is 3. The molecule has 6 aromatic rings. The summed E-state index contributed by atoms with van der Waals surface area (Å²) in [5.74, 6) is 1.03. The van der Waals surface area contributed by atoms with Gasteiger partial charge in [-0.3, -0.25) is 14.5 Å². The largest absolute Gasteiger partial charge is 0.353 e. The first-order valence-corrected chi connectivity index (χ1v) is 13.4. The van der Waals surface area contributed by atoms with E-state index in [0.717, 1.165) is 87.5 Å². The van der Waals surface area contributed by atoms with Crippen LogP contribution < -0.4 is 5.32 Å². The Kier molecular flexibility index (Phi) is 5.69. The van der Waals surface area contributed by atoms with E-state index in [1.807, 2.05) is 60.2 Å². The van der Waals surface area contributed by atoms with E-state index in [0.29, 0.717) is 0 Å². The zero-order chi connectivity index (χ0) is 26.3. The van der Waals surface area contributed by atoms with Gasteiger partial charge in [0.2, 0.25) is 5.91 Å². The van der Waals surface area contributed by atoms with E-state index >= 15 is 0 Å². The summed E-state index contributed by atoms with van der Waals surface area (Å²) in [6.07, 6.45) is 10.9. The van der Waals surface area contributed by atoms with Gasteiger partial charge in [0.25, 0.3) is 0 Å². The molecule has 0 radical (unpaired) electrons. The van der Waals surface area contributed by atoms with Gasteiger partial charge in [0.1, 0.15) is 23.4 Å². The summed E-state index contributed by atoms with van der Waals surface area (Å²) in [6.45, 7) is 1.96. The minimum atomic E-state index is 0.107. The van der Waals surface area contributed by atoms with Gasteiger partial charge >= 0.3 is 0 Å². The van der Waals surface area contributed by atoms with E-state index < -0.39 is 0 Å². The monoisotopic (exact) mass is 516 g/mol. The molecule has 0 unspecified atom stereocenters. The van der Waals surface area contributed by atoms with Crippen molar-refractivity contribution in [1.82, 2.24) is 34.7 Å². The maximum atomic E-state index is 12.8. The van der Waals surface area contributed by atoms with E-state index in [9.17, 15) is 4.79 Å². The number of rotatable bonds is 5. The molecule has 1 amide bonds. The smallest absolute Gasteiger partial charge is 0.227 e. The SMILES string of the molecule is Cc1cn(-c2nccc3[nH]c(-c4n[nH]c5ccc(-c6cccc(NC(=O)C7CCCCC7)c6)nc45)cc23)cn1. The van der Waals surface area contributed by atoms with Crippen molar-refractivity contribution in [1.29, 1.82) is 0 Å². The number of aromatic nitrogens is 7. The number of carbonyl (C=O) groups excluding carboxylic acids is 1. The minimum absolute atomic E-state index is 0.107. The number of nitrogens with zero attached hydrogens (tertiary/aromatic N) is 5. The fourth-order valence-electron chi connectivity index (χ4n) is 5.52. The quantitative estimate of drug-likeness (QED) is 0.253. The zero-order valence-electron chi connectivity index (χ0n) is 21.6. The van der Waals surface area contributed by atoms with Gasteiger partial charge in [-0.1, -0.05) is 31.4 Å². The Labute approximate surface area is 224 Å². The number of benzene rings is 1. The second-order valence-electron chi connectivity index (χ2n) is 10.3. The third-order valence-corrected chi connectivity index (χ3v) is 7.55. The normalized spacial score (nSPS) is 14.3. The van der Waals surface area contributed by atoms with Crippen molar-refractivity contribution in [2.45, 2.75) is 39.0 Å². The lowest BCUT2D eigenvalue weighted by atomic mass is 9.88. The molecule has 194 valence electrons. The Bertz CT molecular complexity index is 1820. The van der Waals surface area contributed by atoms with Gasteiger partial charge in [-0.15, -0.1) is 0 Å². The third kappa shape index (κ3) is 4.35. The Balaban J connectivity index is 1.22. The van der Waals surface area contributed by atoms with E-state index in [2.05, 4.69) is 36.5 Å². The van der Waals surface area contributed by atoms with Gasteiger partial charge in [0.15, 0.2) is 0 Å². The molecule has 0 bridgehead atoms. The van der Waals surface area contributed by atoms with Crippen molar-refractivity contribution in [3.63, 3.8) is 0 Å². The fourth-order valence-corrected chi connectivity index (χ4v) is 5.52. The molecular weight excluding hydrogens is 488 g/mol. The van der Waals surface area contributed by atoms with E-state index in [-0.39, 0.29) is 11.8 Å². The van der Waals surface area contributed by atoms with Gasteiger partial charge in [0, 0.05) is 34.9 Å². The number of amides is 1. The highest BCUT2D eigenvalue weighted by Crippen LogP contribution is 2.32. The average Bonchev–Trinajstić information content (AvgIpc) is 3.71. The van der Waals surface area contributed by atoms with Gasteiger partial charge in [0.05, 0.1) is 28.1 Å². The molecule has 0 saturated heterocycles. The topological polar surface area (TPSA) is 117 Å². The molecule has 9 heteroatoms. The second kappa shape index (κ2) is 9.50. The average molecular weight is 517 g/mol. The standard InChI is InChI=1S/C30H28N8O/c1-18-16-38(17-32-18)29-22-15-26(34-24(22)12-13-31-29)28-27-25(36-37-28)11-10-23(35-27)20-8-5-9-21(14-20)33-30(39)19-6-3-2-4-7-19/h5,8-17,19,34H,2-4,6-7H2,1H3,(H,33,39)(H,36,37). The first-order valence-electron chi connectivity index (χ1n) is 13.4. The molecule has 1 saturated carbocycles. The summed E-state index contributed by atoms with van der Waals surface area (Å²) < 4.78 is 1.92. The number of pyridine rings is 2. The van der Waals surface area contributed by atoms with E-state index in [1.165, 1.54) is 6.42 Å². The van der Waals surface area contributed by atoms with Gasteiger partial charge in [-0.2, -0.15) is 5.10 Å². The van der Waals surface area contributed by atoms with Crippen molar-refractivity contribution in [2.75, 3.05) is 5.32 Å². The summed E-state index contributed by atoms with van der Waals surface area (Å²) in [6, 6.07) is 15.9. The van der Waals surface area contributed by atoms with Gasteiger partial charge < -0.3 is 10.3 Å². The molecule has 5 aromatic heterocycles. The Hall–Kier alpha value is -4.79. The minimum Gasteiger partial charge on any atom is -0.353 e. The second-order valence-corrected chi connectivity index (χ2v) is 10.3. The van der Waals surface area contributed by atoms with Crippen molar-refractivity contribution >= 4 is 33.5 Å². The summed E-state index contributed by atoms with van der Waals surface area (Å²) in [5, 5.41) is 11.8. The van der Waals surface area contributed by atoms with Crippen LogP contribution in [0.15, 0.2) is 67.3 Å². The summed E-state index contributed by atoms with van der Waals surface area (Å²) in [5.41, 5.74) is 7.62. The predicted molar refractivity (Wildman–Crippen MR) is 151 cm³/mol. The van der Waals surface area contributed by atoms with Crippen LogP contribution in [-0.2, 0) is 4.79 Å². The molecular formula is C30H28N8O. The third-order valence-electron chi connectivity index (χ3n) is 7.55. The number of imidazole rings is 1. The summed E-state index contributed by atoms with van der Waals surface area (Å²) in [4.78, 5) is 30.2. The van der Waals surface area contributed by atoms with Crippen molar-refractivity contribution in [3.8, 4) is 28.5 Å². The molecule has 3 N–H and O–H groups in total. The Morgan fingerprint density at radius 1 is 1.03 bits per heavy atom. The van der Waals surface area contributed by atoms with Gasteiger partial charge in [-0.25, -0.2) is 15.0 Å². The predicted octanol–water partition coefficient (Wildman–Crippen LogP) is 6.18. The number of carbonyl (C=O) groups is 1. The molecule has 7 rings (SSSR count). The number of aromatic amines is 2. The Morgan fingerprint density at radius 3 is 2.77 bits per heavy atom. The Morgan fingerprint density at radius 2 is 1.92 bits per heavy atom. The molecule has 0 spiro atoms. The summed E-state index contributed by atoms with van der Waals surface area (Å²) >= 11 is 0. The number of aryl methyl sites for hydroxylation is 1. The van der Waals surface area contributed by atoms with Crippen LogP contribution in [0.25, 0.3) is 50.4 Å². The zero-order valence-corrected chi connectivity index (χ0v) is 21.6. The first kappa shape index (κ1) is 23.3. The van der Waals surface area contributed by atoms with E-state index in [1.54, 1.807) is 12.5 Å². The number of anilines is 1. The molecule has 0 aliphatic heterocycles. The molecule has 0 atom stereocenters. The van der Waals surface area contributed by atoms with Crippen LogP contribution in [0.4, 0.5) is 5.69 Å². The molecule has 5 heterocycles. The molecule has 1 aromatic carbocycles. The maximum absolute atomic E-state index is 12.8. The lowest BCUT2D eigenvalue weighted by molar-refractivity contribution is -0.120. The summed E-state index contributed by atoms with van der Waals surface area (Å²) in [7, 11) is 0. The van der Waals surface area contributed by atoms with Crippen LogP contribution in [0.2, 0.25) is 0 Å². The number of nitrogens with one attached hydrogen (secondary N) is 3. The molecule has 9 nitrogen and oxygen atoms in total. The van der Waals surface area contributed by atoms with Crippen LogP contribution in [0.3, 0.4) is 0 Å². The molecule has 1 aliphatic rings. The van der Waals surface area contributed by atoms with E-state index in [4.69, 9.17) is 4.98 Å². The molecule has 39 heavy (non-hydrogen) atoms. The molecule has 1 aliphatic carbocycles. The lowest BCUT2D eigenvalue weighted by Crippen LogP contribution is -2.24. The van der Waals surface area contributed by atoms with Crippen LogP contribution in [0.5, 0.6) is 0 Å². The molecule has 1 fully saturated rings. The lowest BCUT2D eigenvalue weighted by Gasteiger charge is -2.20. The number of H-pyrrole nitrogens is 2. The highest BCUT2D eigenvalue weighted by Gasteiger charge is 2.21. The van der Waals surface area contributed by atoms with Crippen molar-refractivity contribution in [3.05, 3.63) is 72.9 Å². The van der Waals surface area contributed by atoms with Crippen molar-refractivity contribution in [2.24, 2.45) is 5.92 Å². The first-order chi connectivity index (χ1) is 19.1. The van der Waals surface area contributed by atoms with Crippen LogP contribution in [0, 0.1) is 12.8 Å². The van der Waals surface area contributed by atoms with Crippen LogP contribution >= 0.6 is 0 Å². The highest BCUT2D eigenvalue weighted by molar-refractivity contribution is 5.97. The maximum Gasteiger partial charge on any atom is 0.227 e. The highest BCUT2D eigenvalue weighted by atomic mass is 16.1. The van der Waals surface area contributed by atoms with Crippen LogP contribution in [-0.4, -0.2) is 40.6 Å². The van der Waals surface area contributed by atoms with Gasteiger partial charge in [-0.05, 0) is 56.2 Å². The fraction of sp³-hybridized carbons (Fsp3) is 0.233. The number of fused-ring (bicyclic) bond motifs is 2. The van der Waals surface area contributed by atoms with Crippen molar-refractivity contribution < 1.29 is 4.79 Å².